The zero-order valence-corrected chi connectivity index (χ0v) is 15.2. The van der Waals surface area contributed by atoms with Gasteiger partial charge in [-0.1, -0.05) is 23.7 Å². The van der Waals surface area contributed by atoms with E-state index in [0.29, 0.717) is 5.02 Å². The van der Waals surface area contributed by atoms with E-state index in [9.17, 15) is 12.8 Å². The average molecular weight is 384 g/mol. The van der Waals surface area contributed by atoms with Crippen LogP contribution in [-0.4, -0.2) is 33.9 Å². The van der Waals surface area contributed by atoms with Gasteiger partial charge in [0.2, 0.25) is 0 Å². The Kier molecular flexibility index (Phi) is 4.90. The lowest BCUT2D eigenvalue weighted by atomic mass is 10.00. The van der Waals surface area contributed by atoms with Crippen LogP contribution in [0.1, 0.15) is 11.5 Å². The molecule has 0 unspecified atom stereocenters. The van der Waals surface area contributed by atoms with Crippen molar-refractivity contribution in [3.8, 4) is 0 Å². The van der Waals surface area contributed by atoms with Gasteiger partial charge in [0.25, 0.3) is 0 Å². The quantitative estimate of drug-likeness (QED) is 0.832. The molecule has 1 aliphatic rings. The Morgan fingerprint density at radius 3 is 2.28 bits per heavy atom. The lowest BCUT2D eigenvalue weighted by Crippen LogP contribution is -2.28. The Bertz CT molecular complexity index is 855. The second-order valence-corrected chi connectivity index (χ2v) is 8.82. The number of rotatable bonds is 6. The molecule has 134 valence electrons. The van der Waals surface area contributed by atoms with Crippen LogP contribution in [-0.2, 0) is 14.6 Å². The van der Waals surface area contributed by atoms with Gasteiger partial charge in [-0.3, -0.25) is 0 Å². The van der Waals surface area contributed by atoms with Crippen molar-refractivity contribution < 1.29 is 17.5 Å². The van der Waals surface area contributed by atoms with Crippen LogP contribution in [0.2, 0.25) is 5.02 Å². The molecule has 2 aromatic carbocycles. The van der Waals surface area contributed by atoms with Gasteiger partial charge in [0.05, 0.1) is 16.8 Å². The van der Waals surface area contributed by atoms with Crippen LogP contribution >= 0.6 is 11.6 Å². The number of benzene rings is 2. The van der Waals surface area contributed by atoms with Gasteiger partial charge in [-0.05, 0) is 42.0 Å². The van der Waals surface area contributed by atoms with Crippen molar-refractivity contribution in [1.29, 1.82) is 0 Å². The summed E-state index contributed by atoms with van der Waals surface area (Å²) in [4.78, 5) is 0.195. The summed E-state index contributed by atoms with van der Waals surface area (Å²) in [7, 11) is -2.13. The smallest absolute Gasteiger partial charge is 0.182 e. The summed E-state index contributed by atoms with van der Waals surface area (Å²) in [6, 6.07) is 11.9. The average Bonchev–Trinajstić information content (AvgIpc) is 3.26. The summed E-state index contributed by atoms with van der Waals surface area (Å²) >= 11 is 5.86. The predicted molar refractivity (Wildman–Crippen MR) is 94.9 cm³/mol. The number of sulfone groups is 1. The minimum absolute atomic E-state index is 0.153. The first kappa shape index (κ1) is 18.3. The van der Waals surface area contributed by atoms with Crippen LogP contribution in [0.15, 0.2) is 53.4 Å². The molecule has 1 saturated carbocycles. The molecule has 0 radical (unpaired) electrons. The van der Waals surface area contributed by atoms with E-state index < -0.39 is 20.5 Å². The zero-order valence-electron chi connectivity index (χ0n) is 13.7. The topological polar surface area (TPSA) is 69.4 Å². The second kappa shape index (κ2) is 6.68. The van der Waals surface area contributed by atoms with Crippen molar-refractivity contribution >= 4 is 21.4 Å². The molecule has 25 heavy (non-hydrogen) atoms. The standard InChI is InChI=1S/C18H19ClFNO3S/c1-24-11-18(10-21)16(12-2-6-14(20)7-3-12)17(18)25(22,23)15-8-4-13(19)5-9-15/h2-9,16-17H,10-11,21H2,1H3/t16-,17+,18-/m1/s1. The molecule has 0 spiro atoms. The van der Waals surface area contributed by atoms with Crippen molar-refractivity contribution in [1.82, 2.24) is 0 Å². The zero-order chi connectivity index (χ0) is 18.2. The maximum Gasteiger partial charge on any atom is 0.182 e. The summed E-state index contributed by atoms with van der Waals surface area (Å²) in [6.07, 6.45) is 0. The van der Waals surface area contributed by atoms with E-state index in [1.807, 2.05) is 0 Å². The van der Waals surface area contributed by atoms with Gasteiger partial charge in [-0.15, -0.1) is 0 Å². The molecule has 2 aromatic rings. The minimum atomic E-state index is -3.64. The summed E-state index contributed by atoms with van der Waals surface area (Å²) in [6.45, 7) is 0.364. The molecule has 0 amide bonds. The molecule has 2 N–H and O–H groups in total. The Morgan fingerprint density at radius 2 is 1.76 bits per heavy atom. The SMILES string of the molecule is COC[C@]1(CN)[C@H](c2ccc(F)cc2)[C@@H]1S(=O)(=O)c1ccc(Cl)cc1. The van der Waals surface area contributed by atoms with Gasteiger partial charge in [-0.25, -0.2) is 12.8 Å². The van der Waals surface area contributed by atoms with E-state index in [-0.39, 0.29) is 29.8 Å². The van der Waals surface area contributed by atoms with Gasteiger partial charge in [0, 0.05) is 30.0 Å². The third kappa shape index (κ3) is 3.08. The number of hydrogen-bond acceptors (Lipinski definition) is 4. The maximum atomic E-state index is 13.2. The molecule has 7 heteroatoms. The first-order chi connectivity index (χ1) is 11.9. The lowest BCUT2D eigenvalue weighted by molar-refractivity contribution is 0.142. The van der Waals surface area contributed by atoms with E-state index in [4.69, 9.17) is 22.1 Å². The molecule has 0 saturated heterocycles. The molecule has 3 atom stereocenters. The summed E-state index contributed by atoms with van der Waals surface area (Å²) < 4.78 is 44.9. The van der Waals surface area contributed by atoms with Gasteiger partial charge in [0.1, 0.15) is 5.82 Å². The molecule has 1 fully saturated rings. The summed E-state index contributed by atoms with van der Waals surface area (Å²) in [5, 5.41) is -0.261. The van der Waals surface area contributed by atoms with Gasteiger partial charge in [0.15, 0.2) is 9.84 Å². The van der Waals surface area contributed by atoms with E-state index in [2.05, 4.69) is 0 Å². The molecular formula is C18H19ClFNO3S. The van der Waals surface area contributed by atoms with Crippen LogP contribution in [0.3, 0.4) is 0 Å². The first-order valence-corrected chi connectivity index (χ1v) is 9.73. The fourth-order valence-corrected chi connectivity index (χ4v) is 6.20. The van der Waals surface area contributed by atoms with E-state index in [0.717, 1.165) is 5.56 Å². The van der Waals surface area contributed by atoms with Gasteiger partial charge < -0.3 is 10.5 Å². The van der Waals surface area contributed by atoms with Crippen LogP contribution < -0.4 is 5.73 Å². The summed E-state index contributed by atoms with van der Waals surface area (Å²) in [5.74, 6) is -0.717. The van der Waals surface area contributed by atoms with E-state index in [1.54, 1.807) is 24.3 Å². The number of methoxy groups -OCH3 is 1. The highest BCUT2D eigenvalue weighted by Crippen LogP contribution is 2.63. The van der Waals surface area contributed by atoms with E-state index >= 15 is 0 Å². The normalized spacial score (nSPS) is 25.8. The molecular weight excluding hydrogens is 365 g/mol. The minimum Gasteiger partial charge on any atom is -0.384 e. The first-order valence-electron chi connectivity index (χ1n) is 7.81. The molecule has 3 rings (SSSR count). The highest BCUT2D eigenvalue weighted by atomic mass is 35.5. The van der Waals surface area contributed by atoms with Crippen molar-refractivity contribution in [3.05, 3.63) is 64.9 Å². The number of hydrogen-bond donors (Lipinski definition) is 1. The fourth-order valence-electron chi connectivity index (χ4n) is 3.63. The van der Waals surface area contributed by atoms with Crippen LogP contribution in [0.5, 0.6) is 0 Å². The highest BCUT2D eigenvalue weighted by Gasteiger charge is 2.70. The van der Waals surface area contributed by atoms with Crippen LogP contribution in [0.25, 0.3) is 0 Å². The van der Waals surface area contributed by atoms with Crippen molar-refractivity contribution in [2.75, 3.05) is 20.3 Å². The number of ether oxygens (including phenoxy) is 1. The summed E-state index contributed by atoms with van der Waals surface area (Å²) in [5.41, 5.74) is 5.97. The predicted octanol–water partition coefficient (Wildman–Crippen LogP) is 3.01. The molecule has 0 bridgehead atoms. The number of halogens is 2. The fraction of sp³-hybridized carbons (Fsp3) is 0.333. The Balaban J connectivity index is 2.05. The van der Waals surface area contributed by atoms with Crippen molar-refractivity contribution in [2.45, 2.75) is 16.1 Å². The third-order valence-electron chi connectivity index (χ3n) is 4.88. The molecule has 4 nitrogen and oxygen atoms in total. The number of nitrogens with two attached hydrogens (primary N) is 1. The third-order valence-corrected chi connectivity index (χ3v) is 7.47. The maximum absolute atomic E-state index is 13.2. The second-order valence-electron chi connectivity index (χ2n) is 6.32. The van der Waals surface area contributed by atoms with Crippen LogP contribution in [0, 0.1) is 11.2 Å². The van der Waals surface area contributed by atoms with Gasteiger partial charge >= 0.3 is 0 Å². The molecule has 0 aliphatic heterocycles. The monoisotopic (exact) mass is 383 g/mol. The Hall–Kier alpha value is -1.47. The van der Waals surface area contributed by atoms with Crippen molar-refractivity contribution in [2.24, 2.45) is 11.1 Å². The van der Waals surface area contributed by atoms with Crippen molar-refractivity contribution in [3.63, 3.8) is 0 Å². The molecule has 0 heterocycles. The largest absolute Gasteiger partial charge is 0.384 e. The Morgan fingerprint density at radius 1 is 1.16 bits per heavy atom. The lowest BCUT2D eigenvalue weighted by Gasteiger charge is -2.15. The van der Waals surface area contributed by atoms with Gasteiger partial charge in [-0.2, -0.15) is 0 Å². The van der Waals surface area contributed by atoms with E-state index in [1.165, 1.54) is 31.4 Å². The molecule has 1 aliphatic carbocycles. The highest BCUT2D eigenvalue weighted by molar-refractivity contribution is 7.92. The molecule has 0 aromatic heterocycles. The Labute approximate surface area is 151 Å². The van der Waals surface area contributed by atoms with Crippen LogP contribution in [0.4, 0.5) is 4.39 Å².